The van der Waals surface area contributed by atoms with Crippen LogP contribution in [-0.2, 0) is 28.6 Å². The second kappa shape index (κ2) is 8.37. The van der Waals surface area contributed by atoms with Crippen molar-refractivity contribution in [2.45, 2.75) is 38.9 Å². The fraction of sp³-hybridized carbons (Fsp3) is 0.500. The highest BCUT2D eigenvalue weighted by molar-refractivity contribution is 5.92. The van der Waals surface area contributed by atoms with Gasteiger partial charge >= 0.3 is 17.9 Å². The number of hydrogen-bond donors (Lipinski definition) is 1. The minimum atomic E-state index is -0.734. The summed E-state index contributed by atoms with van der Waals surface area (Å²) in [5.74, 6) is -2.06. The molecule has 0 aromatic rings. The Morgan fingerprint density at radius 2 is 2.07 bits per heavy atom. The Morgan fingerprint density at radius 3 is 2.72 bits per heavy atom. The molecule has 0 bridgehead atoms. The SMILES string of the molecule is C=C1CC(OC(=O)C(=CCOC(C)=O)CO)C2C(=C)C(=O)OC2C2C(C)=CCC12. The van der Waals surface area contributed by atoms with E-state index in [1.54, 1.807) is 0 Å². The number of rotatable bonds is 5. The van der Waals surface area contributed by atoms with Gasteiger partial charge in [0.25, 0.3) is 0 Å². The van der Waals surface area contributed by atoms with Gasteiger partial charge in [-0.15, -0.1) is 0 Å². The predicted molar refractivity (Wildman–Crippen MR) is 103 cm³/mol. The molecule has 2 aliphatic carbocycles. The van der Waals surface area contributed by atoms with Crippen LogP contribution >= 0.6 is 0 Å². The third-order valence-corrected chi connectivity index (χ3v) is 5.96. The molecule has 1 saturated heterocycles. The molecule has 1 heterocycles. The maximum atomic E-state index is 12.6. The summed E-state index contributed by atoms with van der Waals surface area (Å²) in [7, 11) is 0. The Kier molecular flexibility index (Phi) is 6.07. The summed E-state index contributed by atoms with van der Waals surface area (Å²) in [5, 5.41) is 9.52. The van der Waals surface area contributed by atoms with Gasteiger partial charge in [0, 0.05) is 24.8 Å². The molecule has 1 N–H and O–H groups in total. The average Bonchev–Trinajstić information content (AvgIpc) is 3.14. The number of hydrogen-bond acceptors (Lipinski definition) is 7. The Morgan fingerprint density at radius 1 is 1.34 bits per heavy atom. The number of esters is 3. The summed E-state index contributed by atoms with van der Waals surface area (Å²) in [6.45, 7) is 10.6. The molecule has 0 spiro atoms. The second-order valence-corrected chi connectivity index (χ2v) is 7.73. The van der Waals surface area contributed by atoms with Crippen molar-refractivity contribution in [3.8, 4) is 0 Å². The molecule has 3 rings (SSSR count). The van der Waals surface area contributed by atoms with Gasteiger partial charge in [-0.1, -0.05) is 30.4 Å². The first kappa shape index (κ1) is 21.0. The molecule has 156 valence electrons. The number of allylic oxidation sites excluding steroid dienone is 1. The van der Waals surface area contributed by atoms with Gasteiger partial charge in [0.15, 0.2) is 0 Å². The minimum Gasteiger partial charge on any atom is -0.462 e. The van der Waals surface area contributed by atoms with Crippen LogP contribution in [0, 0.1) is 17.8 Å². The van der Waals surface area contributed by atoms with Crippen LogP contribution in [0.2, 0.25) is 0 Å². The van der Waals surface area contributed by atoms with Gasteiger partial charge in [-0.3, -0.25) is 4.79 Å². The normalized spacial score (nSPS) is 31.4. The highest BCUT2D eigenvalue weighted by Gasteiger charge is 2.54. The Balaban J connectivity index is 1.84. The van der Waals surface area contributed by atoms with Crippen LogP contribution in [0.3, 0.4) is 0 Å². The Hall–Kier alpha value is -2.67. The van der Waals surface area contributed by atoms with Crippen molar-refractivity contribution in [2.75, 3.05) is 13.2 Å². The molecule has 1 aliphatic heterocycles. The Labute approximate surface area is 169 Å². The minimum absolute atomic E-state index is 0.00350. The lowest BCUT2D eigenvalue weighted by Crippen LogP contribution is -2.36. The molecule has 0 radical (unpaired) electrons. The average molecular weight is 402 g/mol. The second-order valence-electron chi connectivity index (χ2n) is 7.73. The van der Waals surface area contributed by atoms with Crippen molar-refractivity contribution in [1.29, 1.82) is 0 Å². The lowest BCUT2D eigenvalue weighted by Gasteiger charge is -2.28. The van der Waals surface area contributed by atoms with Gasteiger partial charge in [0.05, 0.1) is 18.1 Å². The van der Waals surface area contributed by atoms with Crippen LogP contribution in [0.4, 0.5) is 0 Å². The molecule has 7 nitrogen and oxygen atoms in total. The van der Waals surface area contributed by atoms with E-state index < -0.39 is 42.6 Å². The highest BCUT2D eigenvalue weighted by Crippen LogP contribution is 2.50. The first-order chi connectivity index (χ1) is 13.7. The fourth-order valence-electron chi connectivity index (χ4n) is 4.50. The zero-order valence-corrected chi connectivity index (χ0v) is 16.7. The zero-order valence-electron chi connectivity index (χ0n) is 16.7. The van der Waals surface area contributed by atoms with E-state index >= 15 is 0 Å². The summed E-state index contributed by atoms with van der Waals surface area (Å²) in [5.41, 5.74) is 2.34. The summed E-state index contributed by atoms with van der Waals surface area (Å²) in [6.07, 6.45) is 3.50. The van der Waals surface area contributed by atoms with E-state index in [9.17, 15) is 19.5 Å². The quantitative estimate of drug-likeness (QED) is 0.325. The number of fused-ring (bicyclic) bond motifs is 3. The molecule has 29 heavy (non-hydrogen) atoms. The van der Waals surface area contributed by atoms with Crippen molar-refractivity contribution >= 4 is 17.9 Å². The van der Waals surface area contributed by atoms with E-state index in [0.29, 0.717) is 6.42 Å². The summed E-state index contributed by atoms with van der Waals surface area (Å²) in [6, 6.07) is 0. The van der Waals surface area contributed by atoms with E-state index in [0.717, 1.165) is 17.6 Å². The Bertz CT molecular complexity index is 819. The maximum absolute atomic E-state index is 12.6. The standard InChI is InChI=1S/C22H26O7/c1-11-5-6-16-12(2)9-17(19-13(3)21(25)29-20(19)18(11)16)28-22(26)15(10-23)7-8-27-14(4)24/h5,7,16-20,23H,2-3,6,8-10H2,1,4H3. The lowest BCUT2D eigenvalue weighted by molar-refractivity contribution is -0.149. The van der Waals surface area contributed by atoms with E-state index in [-0.39, 0.29) is 29.6 Å². The molecule has 5 unspecified atom stereocenters. The lowest BCUT2D eigenvalue weighted by atomic mass is 9.80. The molecular formula is C22H26O7. The van der Waals surface area contributed by atoms with Gasteiger partial charge in [0.2, 0.25) is 0 Å². The first-order valence-electron chi connectivity index (χ1n) is 9.62. The van der Waals surface area contributed by atoms with E-state index in [2.05, 4.69) is 19.2 Å². The molecule has 2 fully saturated rings. The van der Waals surface area contributed by atoms with Crippen LogP contribution in [0.5, 0.6) is 0 Å². The third kappa shape index (κ3) is 4.05. The van der Waals surface area contributed by atoms with Gasteiger partial charge in [-0.25, -0.2) is 9.59 Å². The third-order valence-electron chi connectivity index (χ3n) is 5.96. The van der Waals surface area contributed by atoms with Crippen molar-refractivity contribution in [2.24, 2.45) is 17.8 Å². The number of aliphatic hydroxyl groups is 1. The van der Waals surface area contributed by atoms with Crippen LogP contribution in [-0.4, -0.2) is 48.4 Å². The zero-order chi connectivity index (χ0) is 21.3. The number of aliphatic hydroxyl groups excluding tert-OH is 1. The number of carbonyl (C=O) groups excluding carboxylic acids is 3. The van der Waals surface area contributed by atoms with Gasteiger partial charge in [-0.2, -0.15) is 0 Å². The van der Waals surface area contributed by atoms with E-state index in [4.69, 9.17) is 14.2 Å². The van der Waals surface area contributed by atoms with Crippen LogP contribution in [0.15, 0.2) is 47.6 Å². The van der Waals surface area contributed by atoms with Crippen molar-refractivity contribution in [3.63, 3.8) is 0 Å². The van der Waals surface area contributed by atoms with Gasteiger partial charge in [0.1, 0.15) is 18.8 Å². The molecule has 0 aromatic heterocycles. The molecule has 3 aliphatic rings. The largest absolute Gasteiger partial charge is 0.462 e. The first-order valence-corrected chi connectivity index (χ1v) is 9.62. The van der Waals surface area contributed by atoms with Gasteiger partial charge in [-0.05, 0) is 25.3 Å². The molecule has 1 saturated carbocycles. The fourth-order valence-corrected chi connectivity index (χ4v) is 4.50. The summed E-state index contributed by atoms with van der Waals surface area (Å²) in [4.78, 5) is 35.8. The van der Waals surface area contributed by atoms with E-state index in [1.807, 2.05) is 6.92 Å². The van der Waals surface area contributed by atoms with E-state index in [1.165, 1.54) is 13.0 Å². The number of carbonyl (C=O) groups is 3. The van der Waals surface area contributed by atoms with Crippen LogP contribution in [0.25, 0.3) is 0 Å². The number of ether oxygens (including phenoxy) is 3. The molecule has 0 aromatic carbocycles. The van der Waals surface area contributed by atoms with Crippen LogP contribution in [0.1, 0.15) is 26.7 Å². The predicted octanol–water partition coefficient (Wildman–Crippen LogP) is 2.02. The summed E-state index contributed by atoms with van der Waals surface area (Å²) >= 11 is 0. The monoisotopic (exact) mass is 402 g/mol. The van der Waals surface area contributed by atoms with Crippen molar-refractivity contribution in [3.05, 3.63) is 47.6 Å². The van der Waals surface area contributed by atoms with Crippen LogP contribution < -0.4 is 0 Å². The van der Waals surface area contributed by atoms with Gasteiger partial charge < -0.3 is 19.3 Å². The molecular weight excluding hydrogens is 376 g/mol. The van der Waals surface area contributed by atoms with Crippen molar-refractivity contribution in [1.82, 2.24) is 0 Å². The molecule has 7 heteroatoms. The highest BCUT2D eigenvalue weighted by atomic mass is 16.6. The smallest absolute Gasteiger partial charge is 0.336 e. The van der Waals surface area contributed by atoms with Crippen molar-refractivity contribution < 1.29 is 33.7 Å². The topological polar surface area (TPSA) is 99.1 Å². The maximum Gasteiger partial charge on any atom is 0.336 e. The molecule has 5 atom stereocenters. The molecule has 0 amide bonds. The summed E-state index contributed by atoms with van der Waals surface area (Å²) < 4.78 is 16.1.